The molecule has 0 aliphatic heterocycles. The molecule has 102 valence electrons. The van der Waals surface area contributed by atoms with Crippen LogP contribution in [0.15, 0.2) is 0 Å². The number of carboxylic acids is 1. The van der Waals surface area contributed by atoms with Crippen LogP contribution < -0.4 is 5.32 Å². The predicted molar refractivity (Wildman–Crippen MR) is 73.1 cm³/mol. The molecule has 0 unspecified atom stereocenters. The number of carbonyl (C=O) groups is 1. The van der Waals surface area contributed by atoms with Gasteiger partial charge >= 0.3 is 5.97 Å². The summed E-state index contributed by atoms with van der Waals surface area (Å²) < 4.78 is 0. The van der Waals surface area contributed by atoms with Gasteiger partial charge in [0.25, 0.3) is 0 Å². The highest BCUT2D eigenvalue weighted by Crippen LogP contribution is 2.28. The first-order chi connectivity index (χ1) is 8.25. The van der Waals surface area contributed by atoms with Crippen molar-refractivity contribution in [2.75, 3.05) is 5.32 Å². The van der Waals surface area contributed by atoms with E-state index in [0.717, 1.165) is 11.4 Å². The maximum absolute atomic E-state index is 11.2. The highest BCUT2D eigenvalue weighted by atomic mass is 32.1. The van der Waals surface area contributed by atoms with E-state index in [1.54, 1.807) is 0 Å². The second-order valence-electron chi connectivity index (χ2n) is 5.51. The van der Waals surface area contributed by atoms with Gasteiger partial charge in [0.2, 0.25) is 5.13 Å². The summed E-state index contributed by atoms with van der Waals surface area (Å²) in [7, 11) is 0. The number of hydrogen-bond acceptors (Lipinski definition) is 5. The number of aromatic nitrogens is 2. The molecule has 0 aliphatic carbocycles. The molecule has 0 radical (unpaired) electrons. The van der Waals surface area contributed by atoms with Crippen LogP contribution in [0.25, 0.3) is 0 Å². The van der Waals surface area contributed by atoms with Crippen LogP contribution in [0.1, 0.15) is 46.0 Å². The SMILES string of the molecule is CC[C@H](C)[C@H](Nc1nnc(C(C)(C)C)s1)C(=O)O. The van der Waals surface area contributed by atoms with Crippen LogP contribution in [-0.2, 0) is 10.2 Å². The van der Waals surface area contributed by atoms with Gasteiger partial charge in [-0.2, -0.15) is 0 Å². The molecule has 0 fully saturated rings. The van der Waals surface area contributed by atoms with E-state index in [9.17, 15) is 9.90 Å². The lowest BCUT2D eigenvalue weighted by molar-refractivity contribution is -0.139. The van der Waals surface area contributed by atoms with Crippen molar-refractivity contribution in [2.24, 2.45) is 5.92 Å². The van der Waals surface area contributed by atoms with Crippen LogP contribution in [-0.4, -0.2) is 27.3 Å². The second kappa shape index (κ2) is 5.65. The van der Waals surface area contributed by atoms with E-state index in [0.29, 0.717) is 5.13 Å². The molecular formula is C12H21N3O2S. The Balaban J connectivity index is 2.82. The average molecular weight is 271 g/mol. The Bertz CT molecular complexity index is 412. The third kappa shape index (κ3) is 3.66. The zero-order valence-electron chi connectivity index (χ0n) is 11.5. The summed E-state index contributed by atoms with van der Waals surface area (Å²) in [4.78, 5) is 11.2. The molecule has 0 spiro atoms. The van der Waals surface area contributed by atoms with E-state index in [1.165, 1.54) is 11.3 Å². The molecule has 0 saturated heterocycles. The summed E-state index contributed by atoms with van der Waals surface area (Å²) in [6, 6.07) is -0.615. The molecule has 1 aromatic rings. The highest BCUT2D eigenvalue weighted by molar-refractivity contribution is 7.15. The molecule has 1 rings (SSSR count). The number of hydrogen-bond donors (Lipinski definition) is 2. The van der Waals surface area contributed by atoms with Crippen LogP contribution in [0, 0.1) is 5.92 Å². The first kappa shape index (κ1) is 14.9. The Hall–Kier alpha value is -1.17. The Morgan fingerprint density at radius 3 is 2.44 bits per heavy atom. The van der Waals surface area contributed by atoms with Crippen LogP contribution >= 0.6 is 11.3 Å². The molecule has 2 N–H and O–H groups in total. The van der Waals surface area contributed by atoms with Gasteiger partial charge in [0.05, 0.1) is 0 Å². The van der Waals surface area contributed by atoms with Crippen molar-refractivity contribution in [3.63, 3.8) is 0 Å². The number of carboxylic acid groups (broad SMARTS) is 1. The minimum Gasteiger partial charge on any atom is -0.480 e. The molecule has 6 heteroatoms. The fourth-order valence-corrected chi connectivity index (χ4v) is 2.24. The monoisotopic (exact) mass is 271 g/mol. The smallest absolute Gasteiger partial charge is 0.326 e. The Morgan fingerprint density at radius 2 is 2.06 bits per heavy atom. The van der Waals surface area contributed by atoms with Crippen molar-refractivity contribution in [3.05, 3.63) is 5.01 Å². The minimum absolute atomic E-state index is 0.0458. The van der Waals surface area contributed by atoms with Gasteiger partial charge in [-0.25, -0.2) is 4.79 Å². The predicted octanol–water partition coefficient (Wildman–Crippen LogP) is 2.75. The molecule has 0 amide bonds. The van der Waals surface area contributed by atoms with Crippen LogP contribution in [0.3, 0.4) is 0 Å². The standard InChI is InChI=1S/C12H21N3O2S/c1-6-7(2)8(9(16)17)13-11-15-14-10(18-11)12(3,4)5/h7-8H,6H2,1-5H3,(H,13,15)(H,16,17)/t7-,8-/m0/s1. The number of anilines is 1. The second-order valence-corrected chi connectivity index (χ2v) is 6.49. The summed E-state index contributed by atoms with van der Waals surface area (Å²) in [6.45, 7) is 10.1. The van der Waals surface area contributed by atoms with E-state index in [4.69, 9.17) is 0 Å². The van der Waals surface area contributed by atoms with Crippen molar-refractivity contribution in [3.8, 4) is 0 Å². The van der Waals surface area contributed by atoms with Gasteiger partial charge < -0.3 is 10.4 Å². The molecule has 2 atom stereocenters. The molecule has 1 heterocycles. The maximum Gasteiger partial charge on any atom is 0.326 e. The summed E-state index contributed by atoms with van der Waals surface area (Å²) >= 11 is 1.42. The molecule has 0 saturated carbocycles. The lowest BCUT2D eigenvalue weighted by Gasteiger charge is -2.19. The fraction of sp³-hybridized carbons (Fsp3) is 0.750. The van der Waals surface area contributed by atoms with Gasteiger partial charge in [-0.05, 0) is 5.92 Å². The number of aliphatic carboxylic acids is 1. The third-order valence-corrected chi connectivity index (χ3v) is 4.10. The van der Waals surface area contributed by atoms with Crippen molar-refractivity contribution >= 4 is 22.4 Å². The highest BCUT2D eigenvalue weighted by Gasteiger charge is 2.26. The number of nitrogens with zero attached hydrogens (tertiary/aromatic N) is 2. The van der Waals surface area contributed by atoms with E-state index in [2.05, 4.69) is 36.3 Å². The van der Waals surface area contributed by atoms with Gasteiger partial charge in [0.1, 0.15) is 11.0 Å². The van der Waals surface area contributed by atoms with E-state index >= 15 is 0 Å². The van der Waals surface area contributed by atoms with E-state index < -0.39 is 12.0 Å². The van der Waals surface area contributed by atoms with Crippen molar-refractivity contribution in [1.29, 1.82) is 0 Å². The third-order valence-electron chi connectivity index (χ3n) is 2.82. The topological polar surface area (TPSA) is 75.1 Å². The molecule has 5 nitrogen and oxygen atoms in total. The first-order valence-electron chi connectivity index (χ1n) is 6.09. The molecule has 0 bridgehead atoms. The zero-order valence-corrected chi connectivity index (χ0v) is 12.3. The van der Waals surface area contributed by atoms with Gasteiger partial charge in [-0.15, -0.1) is 10.2 Å². The average Bonchev–Trinajstić information content (AvgIpc) is 2.72. The maximum atomic E-state index is 11.2. The normalized spacial score (nSPS) is 15.2. The van der Waals surface area contributed by atoms with Crippen LogP contribution in [0.5, 0.6) is 0 Å². The summed E-state index contributed by atoms with van der Waals surface area (Å²) in [5.74, 6) is -0.804. The quantitative estimate of drug-likeness (QED) is 0.861. The molecule has 1 aromatic heterocycles. The lowest BCUT2D eigenvalue weighted by Crippen LogP contribution is -2.35. The van der Waals surface area contributed by atoms with E-state index in [1.807, 2.05) is 13.8 Å². The van der Waals surface area contributed by atoms with Crippen molar-refractivity contribution < 1.29 is 9.90 Å². The molecule has 0 aromatic carbocycles. The number of rotatable bonds is 5. The summed E-state index contributed by atoms with van der Waals surface area (Å²) in [6.07, 6.45) is 0.800. The Morgan fingerprint density at radius 1 is 1.44 bits per heavy atom. The van der Waals surface area contributed by atoms with Gasteiger partial charge in [0.15, 0.2) is 0 Å². The summed E-state index contributed by atoms with van der Waals surface area (Å²) in [5, 5.41) is 21.8. The van der Waals surface area contributed by atoms with Gasteiger partial charge in [-0.1, -0.05) is 52.4 Å². The van der Waals surface area contributed by atoms with Gasteiger partial charge in [0, 0.05) is 5.41 Å². The minimum atomic E-state index is -0.850. The van der Waals surface area contributed by atoms with E-state index in [-0.39, 0.29) is 11.3 Å². The van der Waals surface area contributed by atoms with Crippen molar-refractivity contribution in [2.45, 2.75) is 52.5 Å². The summed E-state index contributed by atoms with van der Waals surface area (Å²) in [5.41, 5.74) is -0.0628. The molecule has 0 aliphatic rings. The van der Waals surface area contributed by atoms with Gasteiger partial charge in [-0.3, -0.25) is 0 Å². The van der Waals surface area contributed by atoms with Crippen molar-refractivity contribution in [1.82, 2.24) is 10.2 Å². The largest absolute Gasteiger partial charge is 0.480 e. The Labute approximate surface area is 112 Å². The first-order valence-corrected chi connectivity index (χ1v) is 6.90. The molecule has 18 heavy (non-hydrogen) atoms. The fourth-order valence-electron chi connectivity index (χ4n) is 1.40. The Kier molecular flexibility index (Phi) is 4.67. The lowest BCUT2D eigenvalue weighted by atomic mass is 9.98. The zero-order chi connectivity index (χ0) is 13.9. The van der Waals surface area contributed by atoms with Crippen LogP contribution in [0.2, 0.25) is 0 Å². The number of nitrogens with one attached hydrogen (secondary N) is 1. The van der Waals surface area contributed by atoms with Crippen LogP contribution in [0.4, 0.5) is 5.13 Å². The molecular weight excluding hydrogens is 250 g/mol.